The fraction of sp³-hybridized carbons (Fsp3) is 0.688. The lowest BCUT2D eigenvalue weighted by Gasteiger charge is -2.41. The zero-order valence-corrected chi connectivity index (χ0v) is 22.7. The van der Waals surface area contributed by atoms with E-state index in [2.05, 4.69) is 80.2 Å². The molecule has 0 heteroatoms. The van der Waals surface area contributed by atoms with Crippen LogP contribution in [0.25, 0.3) is 0 Å². The molecule has 0 bridgehead atoms. The summed E-state index contributed by atoms with van der Waals surface area (Å²) in [6.07, 6.45) is 15.0. The van der Waals surface area contributed by atoms with Crippen molar-refractivity contribution in [2.75, 3.05) is 0 Å². The molecule has 0 aromatic heterocycles. The molecule has 1 aromatic carbocycles. The minimum absolute atomic E-state index is 0.316. The summed E-state index contributed by atoms with van der Waals surface area (Å²) in [5.41, 5.74) is 9.62. The maximum Gasteiger partial charge on any atom is -0.00641 e. The van der Waals surface area contributed by atoms with Crippen molar-refractivity contribution in [2.45, 2.75) is 126 Å². The molecule has 0 heterocycles. The Morgan fingerprint density at radius 1 is 1.06 bits per heavy atom. The second-order valence-electron chi connectivity index (χ2n) is 11.9. The highest BCUT2D eigenvalue weighted by atomic mass is 14.4. The first-order valence-electron chi connectivity index (χ1n) is 13.5. The Morgan fingerprint density at radius 3 is 2.38 bits per heavy atom. The van der Waals surface area contributed by atoms with Gasteiger partial charge in [-0.3, -0.25) is 0 Å². The molecule has 0 spiro atoms. The molecule has 0 nitrogen and oxygen atoms in total. The van der Waals surface area contributed by atoms with E-state index < -0.39 is 0 Å². The summed E-state index contributed by atoms with van der Waals surface area (Å²) < 4.78 is 0. The van der Waals surface area contributed by atoms with Gasteiger partial charge < -0.3 is 0 Å². The molecule has 1 aliphatic carbocycles. The first-order valence-corrected chi connectivity index (χ1v) is 13.5. The van der Waals surface area contributed by atoms with Crippen molar-refractivity contribution in [2.24, 2.45) is 17.3 Å². The maximum atomic E-state index is 4.60. The van der Waals surface area contributed by atoms with Crippen molar-refractivity contribution < 1.29 is 0 Å². The molecule has 0 N–H and O–H groups in total. The molecule has 0 saturated carbocycles. The Balaban J connectivity index is 2.47. The van der Waals surface area contributed by atoms with Gasteiger partial charge in [-0.2, -0.15) is 0 Å². The van der Waals surface area contributed by atoms with Crippen molar-refractivity contribution in [3.05, 3.63) is 58.2 Å². The second-order valence-corrected chi connectivity index (χ2v) is 11.9. The van der Waals surface area contributed by atoms with Crippen LogP contribution < -0.4 is 0 Å². The van der Waals surface area contributed by atoms with E-state index in [9.17, 15) is 0 Å². The summed E-state index contributed by atoms with van der Waals surface area (Å²) in [6.45, 7) is 23.6. The van der Waals surface area contributed by atoms with Crippen molar-refractivity contribution in [1.29, 1.82) is 0 Å². The third kappa shape index (κ3) is 7.36. The van der Waals surface area contributed by atoms with Crippen LogP contribution in [0.3, 0.4) is 0 Å². The lowest BCUT2D eigenvalue weighted by atomic mass is 9.63. The molecule has 1 aromatic rings. The van der Waals surface area contributed by atoms with Crippen LogP contribution in [0.5, 0.6) is 0 Å². The highest BCUT2D eigenvalue weighted by molar-refractivity contribution is 5.44. The van der Waals surface area contributed by atoms with Crippen molar-refractivity contribution in [1.82, 2.24) is 0 Å². The molecular formula is C32H52. The SMILES string of the molecule is C=C(Cc1cc(CCCCC)cc(C)c1C1CC(C)=CCC1C(C)(C)C)C(C)CCCC. The molecule has 0 saturated heterocycles. The second kappa shape index (κ2) is 12.2. The van der Waals surface area contributed by atoms with E-state index in [1.54, 1.807) is 22.3 Å². The molecule has 3 unspecified atom stereocenters. The van der Waals surface area contributed by atoms with Gasteiger partial charge in [0.15, 0.2) is 0 Å². The molecule has 32 heavy (non-hydrogen) atoms. The number of rotatable bonds is 11. The lowest BCUT2D eigenvalue weighted by Crippen LogP contribution is -2.30. The highest BCUT2D eigenvalue weighted by Gasteiger charge is 2.36. The van der Waals surface area contributed by atoms with E-state index in [0.29, 0.717) is 23.2 Å². The van der Waals surface area contributed by atoms with Gasteiger partial charge in [0, 0.05) is 0 Å². The van der Waals surface area contributed by atoms with Gasteiger partial charge in [-0.15, -0.1) is 0 Å². The van der Waals surface area contributed by atoms with Crippen molar-refractivity contribution in [3.8, 4) is 0 Å². The highest BCUT2D eigenvalue weighted by Crippen LogP contribution is 2.48. The first kappa shape index (κ1) is 26.9. The average molecular weight is 437 g/mol. The largest absolute Gasteiger partial charge is 0.0993 e. The summed E-state index contributed by atoms with van der Waals surface area (Å²) in [4.78, 5) is 0. The fourth-order valence-corrected chi connectivity index (χ4v) is 5.81. The number of unbranched alkanes of at least 4 members (excludes halogenated alkanes) is 3. The van der Waals surface area contributed by atoms with Gasteiger partial charge >= 0.3 is 0 Å². The Labute approximate surface area is 201 Å². The average Bonchev–Trinajstić information content (AvgIpc) is 2.71. The molecule has 2 rings (SSSR count). The van der Waals surface area contributed by atoms with Gasteiger partial charge in [0.05, 0.1) is 0 Å². The van der Waals surface area contributed by atoms with Gasteiger partial charge in [-0.25, -0.2) is 0 Å². The number of allylic oxidation sites excluding steroid dienone is 3. The molecule has 0 aliphatic heterocycles. The monoisotopic (exact) mass is 436 g/mol. The minimum atomic E-state index is 0.316. The van der Waals surface area contributed by atoms with E-state index in [1.807, 2.05) is 0 Å². The quantitative estimate of drug-likeness (QED) is 0.239. The predicted octanol–water partition coefficient (Wildman–Crippen LogP) is 10.1. The lowest BCUT2D eigenvalue weighted by molar-refractivity contribution is 0.191. The Morgan fingerprint density at radius 2 is 1.75 bits per heavy atom. The van der Waals surface area contributed by atoms with Gasteiger partial charge in [0.1, 0.15) is 0 Å². The van der Waals surface area contributed by atoms with Gasteiger partial charge in [0.25, 0.3) is 0 Å². The standard InChI is InChI=1S/C32H52/c1-10-12-14-16-27-20-26(6)31(28(22-27)21-25(5)24(4)15-13-11-2)29-19-23(3)17-18-30(29)32(7,8)9/h17,20,22,24,29-30H,5,10-16,18-19,21H2,1-4,6-9H3. The van der Waals surface area contributed by atoms with E-state index in [1.165, 1.54) is 68.9 Å². The van der Waals surface area contributed by atoms with Crippen LogP contribution in [0.15, 0.2) is 35.9 Å². The van der Waals surface area contributed by atoms with Gasteiger partial charge in [0.2, 0.25) is 0 Å². The molecule has 3 atom stereocenters. The summed E-state index contributed by atoms with van der Waals surface area (Å²) in [5, 5.41) is 0. The molecular weight excluding hydrogens is 384 g/mol. The topological polar surface area (TPSA) is 0 Å². The van der Waals surface area contributed by atoms with Crippen molar-refractivity contribution >= 4 is 0 Å². The maximum absolute atomic E-state index is 4.60. The summed E-state index contributed by atoms with van der Waals surface area (Å²) in [7, 11) is 0. The molecule has 180 valence electrons. The number of aryl methyl sites for hydroxylation is 2. The molecule has 1 aliphatic rings. The van der Waals surface area contributed by atoms with E-state index >= 15 is 0 Å². The fourth-order valence-electron chi connectivity index (χ4n) is 5.81. The summed E-state index contributed by atoms with van der Waals surface area (Å²) in [5.74, 6) is 1.93. The Hall–Kier alpha value is -1.30. The van der Waals surface area contributed by atoms with Crippen LogP contribution in [0.4, 0.5) is 0 Å². The number of hydrogen-bond acceptors (Lipinski definition) is 0. The van der Waals surface area contributed by atoms with Gasteiger partial charge in [-0.1, -0.05) is 103 Å². The molecule has 0 amide bonds. The van der Waals surface area contributed by atoms with Crippen LogP contribution in [0.1, 0.15) is 128 Å². The van der Waals surface area contributed by atoms with Crippen LogP contribution in [-0.4, -0.2) is 0 Å². The normalized spacial score (nSPS) is 20.2. The molecule has 0 fully saturated rings. The van der Waals surface area contributed by atoms with E-state index in [-0.39, 0.29) is 0 Å². The Bertz CT molecular complexity index is 770. The van der Waals surface area contributed by atoms with Crippen LogP contribution in [-0.2, 0) is 12.8 Å². The van der Waals surface area contributed by atoms with Crippen LogP contribution in [0, 0.1) is 24.2 Å². The third-order valence-electron chi connectivity index (χ3n) is 7.94. The van der Waals surface area contributed by atoms with Crippen molar-refractivity contribution in [3.63, 3.8) is 0 Å². The predicted molar refractivity (Wildman–Crippen MR) is 145 cm³/mol. The smallest absolute Gasteiger partial charge is 0.00641 e. The van der Waals surface area contributed by atoms with Crippen LogP contribution >= 0.6 is 0 Å². The zero-order valence-electron chi connectivity index (χ0n) is 22.7. The summed E-state index contributed by atoms with van der Waals surface area (Å²) >= 11 is 0. The number of benzene rings is 1. The van der Waals surface area contributed by atoms with E-state index in [4.69, 9.17) is 0 Å². The number of hydrogen-bond donors (Lipinski definition) is 0. The van der Waals surface area contributed by atoms with Crippen LogP contribution in [0.2, 0.25) is 0 Å². The first-order chi connectivity index (χ1) is 15.1. The summed E-state index contributed by atoms with van der Waals surface area (Å²) in [6, 6.07) is 5.09. The zero-order chi connectivity index (χ0) is 23.9. The van der Waals surface area contributed by atoms with E-state index in [0.717, 1.165) is 6.42 Å². The third-order valence-corrected chi connectivity index (χ3v) is 7.94. The minimum Gasteiger partial charge on any atom is -0.0993 e. The molecule has 0 radical (unpaired) electrons. The van der Waals surface area contributed by atoms with Gasteiger partial charge in [-0.05, 0) is 97.8 Å². The Kier molecular flexibility index (Phi) is 10.3.